The second-order valence-corrected chi connectivity index (χ2v) is 10.5. The lowest BCUT2D eigenvalue weighted by atomic mass is 10.2. The molecule has 0 aliphatic heterocycles. The van der Waals surface area contributed by atoms with Gasteiger partial charge in [0.1, 0.15) is 0 Å². The highest BCUT2D eigenvalue weighted by molar-refractivity contribution is 7.89. The smallest absolute Gasteiger partial charge is 0.255 e. The van der Waals surface area contributed by atoms with Crippen LogP contribution in [-0.2, 0) is 21.4 Å². The second kappa shape index (κ2) is 12.2. The van der Waals surface area contributed by atoms with Crippen LogP contribution in [0.3, 0.4) is 0 Å². The van der Waals surface area contributed by atoms with Gasteiger partial charge in [-0.05, 0) is 48.9 Å². The fraction of sp³-hybridized carbons (Fsp3) is 0.200. The van der Waals surface area contributed by atoms with Gasteiger partial charge in [0.25, 0.3) is 5.91 Å². The van der Waals surface area contributed by atoms with Crippen molar-refractivity contribution in [1.82, 2.24) is 9.73 Å². The molecule has 0 heterocycles. The minimum atomic E-state index is -4.02. The maximum Gasteiger partial charge on any atom is 0.255 e. The highest BCUT2D eigenvalue weighted by Crippen LogP contribution is 2.29. The lowest BCUT2D eigenvalue weighted by molar-refractivity contribution is -0.121. The molecular weight excluding hydrogens is 525 g/mol. The Bertz CT molecular complexity index is 1360. The average molecular weight is 550 g/mol. The predicted octanol–water partition coefficient (Wildman–Crippen LogP) is 4.66. The van der Waals surface area contributed by atoms with Gasteiger partial charge in [-0.15, -0.1) is 0 Å². The van der Waals surface area contributed by atoms with E-state index in [-0.39, 0.29) is 16.5 Å². The van der Waals surface area contributed by atoms with Crippen LogP contribution in [0.2, 0.25) is 10.0 Å². The van der Waals surface area contributed by atoms with Gasteiger partial charge in [0.2, 0.25) is 10.0 Å². The van der Waals surface area contributed by atoms with Crippen molar-refractivity contribution in [1.29, 1.82) is 0 Å². The number of hydrogen-bond acceptors (Lipinski definition) is 6. The van der Waals surface area contributed by atoms with E-state index in [4.69, 9.17) is 32.7 Å². The highest BCUT2D eigenvalue weighted by Gasteiger charge is 2.27. The molecule has 8 nitrogen and oxygen atoms in total. The van der Waals surface area contributed by atoms with E-state index in [2.05, 4.69) is 10.5 Å². The van der Waals surface area contributed by atoms with E-state index in [1.807, 2.05) is 6.92 Å². The number of carbonyl (C=O) groups is 1. The summed E-state index contributed by atoms with van der Waals surface area (Å²) in [6, 6.07) is 16.4. The molecule has 3 rings (SSSR count). The third-order valence-electron chi connectivity index (χ3n) is 5.15. The molecule has 3 aromatic carbocycles. The largest absolute Gasteiger partial charge is 0.493 e. The molecule has 0 bridgehead atoms. The van der Waals surface area contributed by atoms with Crippen LogP contribution in [0.15, 0.2) is 70.7 Å². The molecule has 3 aromatic rings. The molecule has 0 radical (unpaired) electrons. The number of benzene rings is 3. The first-order chi connectivity index (χ1) is 17.1. The number of hydrazone groups is 1. The van der Waals surface area contributed by atoms with Gasteiger partial charge >= 0.3 is 0 Å². The topological polar surface area (TPSA) is 97.3 Å². The van der Waals surface area contributed by atoms with Gasteiger partial charge in [-0.25, -0.2) is 13.8 Å². The Labute approximate surface area is 220 Å². The summed E-state index contributed by atoms with van der Waals surface area (Å²) in [7, 11) is -1.02. The van der Waals surface area contributed by atoms with Crippen molar-refractivity contribution in [3.8, 4) is 11.5 Å². The van der Waals surface area contributed by atoms with E-state index in [0.29, 0.717) is 27.6 Å². The molecule has 0 saturated carbocycles. The number of halogens is 2. The SMILES string of the molecule is COc1cccc(/C=N/NC(=O)CN(Cc2ccc(Cl)c(Cl)c2)S(=O)(=O)c2ccc(C)cc2)c1OC. The lowest BCUT2D eigenvalue weighted by Crippen LogP contribution is -2.39. The first kappa shape index (κ1) is 27.5. The van der Waals surface area contributed by atoms with Gasteiger partial charge in [0, 0.05) is 12.1 Å². The summed E-state index contributed by atoms with van der Waals surface area (Å²) in [5.41, 5.74) is 4.41. The van der Waals surface area contributed by atoms with Gasteiger partial charge in [0.05, 0.1) is 41.9 Å². The molecule has 0 aromatic heterocycles. The molecular formula is C25H25Cl2N3O5S. The fourth-order valence-electron chi connectivity index (χ4n) is 3.31. The number of amides is 1. The number of para-hydroxylation sites is 1. The molecule has 1 N–H and O–H groups in total. The Morgan fingerprint density at radius 1 is 1.03 bits per heavy atom. The summed E-state index contributed by atoms with van der Waals surface area (Å²) in [4.78, 5) is 12.8. The molecule has 0 atom stereocenters. The van der Waals surface area contributed by atoms with Crippen LogP contribution in [0.4, 0.5) is 0 Å². The van der Waals surface area contributed by atoms with E-state index >= 15 is 0 Å². The van der Waals surface area contributed by atoms with Gasteiger partial charge < -0.3 is 9.47 Å². The summed E-state index contributed by atoms with van der Waals surface area (Å²) in [6.45, 7) is 1.27. The minimum Gasteiger partial charge on any atom is -0.493 e. The fourth-order valence-corrected chi connectivity index (χ4v) is 5.01. The molecule has 0 fully saturated rings. The van der Waals surface area contributed by atoms with Crippen LogP contribution in [0.25, 0.3) is 0 Å². The Kier molecular flexibility index (Phi) is 9.33. The number of nitrogens with zero attached hydrogens (tertiary/aromatic N) is 2. The minimum absolute atomic E-state index is 0.0607. The van der Waals surface area contributed by atoms with Gasteiger partial charge in [-0.1, -0.05) is 53.0 Å². The monoisotopic (exact) mass is 549 g/mol. The molecule has 1 amide bonds. The quantitative estimate of drug-likeness (QED) is 0.293. The maximum absolute atomic E-state index is 13.4. The van der Waals surface area contributed by atoms with Crippen molar-refractivity contribution in [2.45, 2.75) is 18.4 Å². The van der Waals surface area contributed by atoms with Crippen molar-refractivity contribution in [2.75, 3.05) is 20.8 Å². The molecule has 36 heavy (non-hydrogen) atoms. The Morgan fingerprint density at radius 2 is 1.75 bits per heavy atom. The van der Waals surface area contributed by atoms with Crippen molar-refractivity contribution in [3.63, 3.8) is 0 Å². The van der Waals surface area contributed by atoms with Crippen molar-refractivity contribution < 1.29 is 22.7 Å². The maximum atomic E-state index is 13.4. The van der Waals surface area contributed by atoms with Crippen LogP contribution < -0.4 is 14.9 Å². The first-order valence-corrected chi connectivity index (χ1v) is 12.9. The van der Waals surface area contributed by atoms with Crippen molar-refractivity contribution in [3.05, 3.63) is 87.4 Å². The van der Waals surface area contributed by atoms with Gasteiger partial charge in [-0.2, -0.15) is 9.41 Å². The number of ether oxygens (including phenoxy) is 2. The predicted molar refractivity (Wildman–Crippen MR) is 141 cm³/mol. The number of rotatable bonds is 10. The van der Waals surface area contributed by atoms with Crippen LogP contribution in [0.1, 0.15) is 16.7 Å². The van der Waals surface area contributed by atoms with Crippen molar-refractivity contribution in [2.24, 2.45) is 5.10 Å². The van der Waals surface area contributed by atoms with E-state index < -0.39 is 22.5 Å². The lowest BCUT2D eigenvalue weighted by Gasteiger charge is -2.22. The number of hydrogen-bond donors (Lipinski definition) is 1. The number of aryl methyl sites for hydroxylation is 1. The normalized spacial score (nSPS) is 11.6. The molecule has 0 spiro atoms. The van der Waals surface area contributed by atoms with E-state index in [1.165, 1.54) is 32.6 Å². The molecule has 0 aliphatic rings. The summed E-state index contributed by atoms with van der Waals surface area (Å²) >= 11 is 12.1. The zero-order valence-electron chi connectivity index (χ0n) is 19.9. The Hall–Kier alpha value is -3.11. The van der Waals surface area contributed by atoms with Crippen LogP contribution in [-0.4, -0.2) is 45.6 Å². The third kappa shape index (κ3) is 6.76. The van der Waals surface area contributed by atoms with Gasteiger partial charge in [0.15, 0.2) is 11.5 Å². The van der Waals surface area contributed by atoms with E-state index in [0.717, 1.165) is 9.87 Å². The summed E-state index contributed by atoms with van der Waals surface area (Å²) in [5, 5.41) is 4.58. The van der Waals surface area contributed by atoms with Crippen LogP contribution in [0, 0.1) is 6.92 Å². The summed E-state index contributed by atoms with van der Waals surface area (Å²) in [5.74, 6) is 0.315. The molecule has 0 unspecified atom stereocenters. The van der Waals surface area contributed by atoms with Gasteiger partial charge in [-0.3, -0.25) is 4.79 Å². The Morgan fingerprint density at radius 3 is 2.39 bits per heavy atom. The van der Waals surface area contributed by atoms with Crippen LogP contribution >= 0.6 is 23.2 Å². The molecule has 190 valence electrons. The number of sulfonamides is 1. The average Bonchev–Trinajstić information content (AvgIpc) is 2.85. The Balaban J connectivity index is 1.83. The van der Waals surface area contributed by atoms with Crippen LogP contribution in [0.5, 0.6) is 11.5 Å². The summed E-state index contributed by atoms with van der Waals surface area (Å²) < 4.78 is 38.4. The first-order valence-electron chi connectivity index (χ1n) is 10.7. The van der Waals surface area contributed by atoms with E-state index in [1.54, 1.807) is 48.5 Å². The number of nitrogens with one attached hydrogen (secondary N) is 1. The van der Waals surface area contributed by atoms with E-state index in [9.17, 15) is 13.2 Å². The molecule has 0 aliphatic carbocycles. The highest BCUT2D eigenvalue weighted by atomic mass is 35.5. The standard InChI is InChI=1S/C25H25Cl2N3O5S/c1-17-7-10-20(11-8-17)36(32,33)30(15-18-9-12-21(26)22(27)13-18)16-24(31)29-28-14-19-5-4-6-23(34-2)25(19)35-3/h4-14H,15-16H2,1-3H3,(H,29,31)/b28-14+. The second-order valence-electron chi connectivity index (χ2n) is 7.71. The molecule has 0 saturated heterocycles. The van der Waals surface area contributed by atoms with Crippen molar-refractivity contribution >= 4 is 45.3 Å². The molecule has 11 heteroatoms. The number of carbonyl (C=O) groups excluding carboxylic acids is 1. The number of methoxy groups -OCH3 is 2. The summed E-state index contributed by atoms with van der Waals surface area (Å²) in [6.07, 6.45) is 1.39. The third-order valence-corrected chi connectivity index (χ3v) is 7.69. The zero-order chi connectivity index (χ0) is 26.3. The zero-order valence-corrected chi connectivity index (χ0v) is 22.2.